The molecule has 1 amide bonds. The number of carbonyl (C=O) groups excluding carboxylic acids is 2. The SMILES string of the molecule is CCCCCCCC/C=C\CCCCCCCCCC(=O)OCCCCCCCCCCCCC/C=C\C/C=C\CCCCCCCCCCCCCCCCCCCC(=O)NC(CO)C(O)CCCCCCCCCCCCCCCCCCCC. The predicted molar refractivity (Wildman–Crippen MR) is 384 cm³/mol. The Morgan fingerprint density at radius 1 is 0.322 bits per heavy atom. The van der Waals surface area contributed by atoms with E-state index in [4.69, 9.17) is 4.74 Å². The quantitative estimate of drug-likeness (QED) is 0.0320. The molecule has 87 heavy (non-hydrogen) atoms. The van der Waals surface area contributed by atoms with E-state index >= 15 is 0 Å². The minimum Gasteiger partial charge on any atom is -0.466 e. The molecule has 0 aromatic carbocycles. The fraction of sp³-hybridized carbons (Fsp3) is 0.901. The average molecular weight is 1220 g/mol. The van der Waals surface area contributed by atoms with Gasteiger partial charge in [0.05, 0.1) is 25.4 Å². The summed E-state index contributed by atoms with van der Waals surface area (Å²) in [7, 11) is 0. The Labute approximate surface area is 544 Å². The summed E-state index contributed by atoms with van der Waals surface area (Å²) in [6.45, 7) is 4.99. The second kappa shape index (κ2) is 76.5. The number of amides is 1. The third-order valence-electron chi connectivity index (χ3n) is 18.7. The minimum absolute atomic E-state index is 0.0142. The van der Waals surface area contributed by atoms with Crippen LogP contribution in [0.15, 0.2) is 36.5 Å². The Bertz CT molecular complexity index is 1410. The van der Waals surface area contributed by atoms with Crippen LogP contribution in [0.1, 0.15) is 444 Å². The molecule has 6 heteroatoms. The first-order valence-electron chi connectivity index (χ1n) is 39.7. The highest BCUT2D eigenvalue weighted by atomic mass is 16.5. The molecule has 0 spiro atoms. The lowest BCUT2D eigenvalue weighted by Gasteiger charge is -2.22. The van der Waals surface area contributed by atoms with Crippen LogP contribution < -0.4 is 5.32 Å². The van der Waals surface area contributed by atoms with Gasteiger partial charge in [-0.05, 0) is 83.5 Å². The van der Waals surface area contributed by atoms with E-state index < -0.39 is 12.1 Å². The lowest BCUT2D eigenvalue weighted by molar-refractivity contribution is -0.143. The molecule has 0 saturated heterocycles. The van der Waals surface area contributed by atoms with Crippen molar-refractivity contribution in [2.24, 2.45) is 0 Å². The van der Waals surface area contributed by atoms with Gasteiger partial charge in [-0.25, -0.2) is 0 Å². The van der Waals surface area contributed by atoms with Crippen LogP contribution >= 0.6 is 0 Å². The van der Waals surface area contributed by atoms with Crippen LogP contribution in [0.4, 0.5) is 0 Å². The molecular formula is C81H155NO5. The normalized spacial score (nSPS) is 12.6. The first-order chi connectivity index (χ1) is 43.0. The lowest BCUT2D eigenvalue weighted by atomic mass is 10.0. The zero-order chi connectivity index (χ0) is 62.8. The standard InChI is InChI=1S/C81H155NO5/c1-3-5-7-9-11-13-15-17-19-21-42-45-49-53-57-61-65-69-73-79(84)78(77-83)82-80(85)74-70-66-62-58-54-50-46-43-39-37-35-33-31-29-27-25-23-22-24-26-28-30-32-34-36-38-40-44-48-52-56-60-64-68-72-76-87-81(86)75-71-67-63-59-55-51-47-41-20-18-16-14-12-10-8-6-4-2/h18,20,24,26,30,32,78-79,83-84H,3-17,19,21-23,25,27-29,31,33-77H2,1-2H3,(H,82,85)/b20-18-,26-24-,32-30-. The van der Waals surface area contributed by atoms with Gasteiger partial charge in [0.1, 0.15) is 0 Å². The maximum Gasteiger partial charge on any atom is 0.305 e. The maximum absolute atomic E-state index is 12.5. The number of hydrogen-bond acceptors (Lipinski definition) is 5. The van der Waals surface area contributed by atoms with E-state index in [2.05, 4.69) is 55.6 Å². The van der Waals surface area contributed by atoms with Gasteiger partial charge < -0.3 is 20.3 Å². The molecule has 0 heterocycles. The molecule has 514 valence electrons. The fourth-order valence-corrected chi connectivity index (χ4v) is 12.6. The smallest absolute Gasteiger partial charge is 0.305 e. The Morgan fingerprint density at radius 3 is 0.885 bits per heavy atom. The molecule has 0 aliphatic carbocycles. The summed E-state index contributed by atoms with van der Waals surface area (Å²) in [5.41, 5.74) is 0. The molecule has 0 aliphatic rings. The number of ether oxygens (including phenoxy) is 1. The number of unbranched alkanes of at least 4 members (excludes halogenated alkanes) is 58. The third kappa shape index (κ3) is 73.0. The van der Waals surface area contributed by atoms with E-state index in [1.807, 2.05) is 0 Å². The van der Waals surface area contributed by atoms with Crippen LogP contribution in [0.5, 0.6) is 0 Å². The van der Waals surface area contributed by atoms with Crippen molar-refractivity contribution in [3.8, 4) is 0 Å². The predicted octanol–water partition coefficient (Wildman–Crippen LogP) is 26.2. The van der Waals surface area contributed by atoms with Gasteiger partial charge in [-0.15, -0.1) is 0 Å². The second-order valence-electron chi connectivity index (χ2n) is 27.4. The molecular weight excluding hydrogens is 1070 g/mol. The Hall–Kier alpha value is -1.92. The topological polar surface area (TPSA) is 95.9 Å². The third-order valence-corrected chi connectivity index (χ3v) is 18.7. The minimum atomic E-state index is -0.663. The van der Waals surface area contributed by atoms with Crippen LogP contribution in [0, 0.1) is 0 Å². The van der Waals surface area contributed by atoms with E-state index in [1.165, 1.54) is 360 Å². The highest BCUT2D eigenvalue weighted by Crippen LogP contribution is 2.20. The molecule has 0 fully saturated rings. The van der Waals surface area contributed by atoms with Gasteiger partial charge in [-0.1, -0.05) is 384 Å². The summed E-state index contributed by atoms with van der Waals surface area (Å²) in [5, 5.41) is 23.4. The van der Waals surface area contributed by atoms with Crippen molar-refractivity contribution >= 4 is 11.9 Å². The van der Waals surface area contributed by atoms with Crippen LogP contribution in [-0.2, 0) is 14.3 Å². The highest BCUT2D eigenvalue weighted by Gasteiger charge is 2.20. The number of nitrogens with one attached hydrogen (secondary N) is 1. The number of allylic oxidation sites excluding steroid dienone is 6. The van der Waals surface area contributed by atoms with E-state index in [0.717, 1.165) is 51.4 Å². The Kier molecular flexibility index (Phi) is 74.8. The van der Waals surface area contributed by atoms with Crippen molar-refractivity contribution in [1.29, 1.82) is 0 Å². The molecule has 0 bridgehead atoms. The molecule has 0 aliphatic heterocycles. The van der Waals surface area contributed by atoms with Gasteiger partial charge in [0, 0.05) is 12.8 Å². The zero-order valence-corrected chi connectivity index (χ0v) is 59.0. The molecule has 2 atom stereocenters. The summed E-state index contributed by atoms with van der Waals surface area (Å²) < 4.78 is 5.51. The van der Waals surface area contributed by atoms with Crippen molar-refractivity contribution in [3.05, 3.63) is 36.5 Å². The maximum atomic E-state index is 12.5. The molecule has 0 radical (unpaired) electrons. The van der Waals surface area contributed by atoms with Crippen molar-refractivity contribution in [1.82, 2.24) is 5.32 Å². The Balaban J connectivity index is 3.36. The van der Waals surface area contributed by atoms with Crippen LogP contribution in [0.25, 0.3) is 0 Å². The van der Waals surface area contributed by atoms with Gasteiger partial charge in [0.2, 0.25) is 5.91 Å². The van der Waals surface area contributed by atoms with Gasteiger partial charge in [0.25, 0.3) is 0 Å². The monoisotopic (exact) mass is 1220 g/mol. The highest BCUT2D eigenvalue weighted by molar-refractivity contribution is 5.76. The van der Waals surface area contributed by atoms with Crippen molar-refractivity contribution in [2.75, 3.05) is 13.2 Å². The van der Waals surface area contributed by atoms with E-state index in [-0.39, 0.29) is 18.5 Å². The molecule has 0 saturated carbocycles. The van der Waals surface area contributed by atoms with Gasteiger partial charge in [-0.2, -0.15) is 0 Å². The molecule has 3 N–H and O–H groups in total. The summed E-state index contributed by atoms with van der Waals surface area (Å²) in [6.07, 6.45) is 99.5. The van der Waals surface area contributed by atoms with Crippen molar-refractivity contribution in [2.45, 2.75) is 456 Å². The van der Waals surface area contributed by atoms with Gasteiger partial charge in [0.15, 0.2) is 0 Å². The van der Waals surface area contributed by atoms with Crippen molar-refractivity contribution in [3.63, 3.8) is 0 Å². The van der Waals surface area contributed by atoms with Gasteiger partial charge >= 0.3 is 5.97 Å². The largest absolute Gasteiger partial charge is 0.466 e. The number of aliphatic hydroxyl groups excluding tert-OH is 2. The number of hydrogen-bond donors (Lipinski definition) is 3. The lowest BCUT2D eigenvalue weighted by Crippen LogP contribution is -2.45. The number of esters is 1. The molecule has 6 nitrogen and oxygen atoms in total. The first-order valence-corrected chi connectivity index (χ1v) is 39.7. The second-order valence-corrected chi connectivity index (χ2v) is 27.4. The van der Waals surface area contributed by atoms with Gasteiger partial charge in [-0.3, -0.25) is 9.59 Å². The summed E-state index contributed by atoms with van der Waals surface area (Å²) in [6, 6.07) is -0.540. The number of carbonyl (C=O) groups is 2. The fourth-order valence-electron chi connectivity index (χ4n) is 12.6. The van der Waals surface area contributed by atoms with E-state index in [0.29, 0.717) is 25.9 Å². The first kappa shape index (κ1) is 85.1. The molecule has 0 rings (SSSR count). The summed E-state index contributed by atoms with van der Waals surface area (Å²) in [5.74, 6) is -0.0143. The van der Waals surface area contributed by atoms with Crippen molar-refractivity contribution < 1.29 is 24.5 Å². The zero-order valence-electron chi connectivity index (χ0n) is 59.0. The van der Waals surface area contributed by atoms with Crippen LogP contribution in [0.2, 0.25) is 0 Å². The Morgan fingerprint density at radius 2 is 0.575 bits per heavy atom. The number of aliphatic hydroxyl groups is 2. The number of rotatable bonds is 75. The average Bonchev–Trinajstić information content (AvgIpc) is 3.53. The molecule has 0 aromatic rings. The summed E-state index contributed by atoms with van der Waals surface area (Å²) in [4.78, 5) is 24.7. The molecule has 0 aromatic heterocycles. The van der Waals surface area contributed by atoms with Crippen LogP contribution in [0.3, 0.4) is 0 Å². The molecule has 2 unspecified atom stereocenters. The van der Waals surface area contributed by atoms with E-state index in [9.17, 15) is 19.8 Å². The van der Waals surface area contributed by atoms with Crippen LogP contribution in [-0.4, -0.2) is 47.4 Å². The van der Waals surface area contributed by atoms with E-state index in [1.54, 1.807) is 0 Å². The summed E-state index contributed by atoms with van der Waals surface area (Å²) >= 11 is 0.